The molecule has 0 aliphatic carbocycles. The van der Waals surface area contributed by atoms with Gasteiger partial charge in [-0.2, -0.15) is 0 Å². The maximum absolute atomic E-state index is 12.0. The molecule has 0 aromatic heterocycles. The predicted octanol–water partition coefficient (Wildman–Crippen LogP) is 2.73. The number of likely N-dealkylation sites (tertiary alicyclic amines) is 1. The Morgan fingerprint density at radius 3 is 2.84 bits per heavy atom. The van der Waals surface area contributed by atoms with Crippen LogP contribution in [0.1, 0.15) is 48.5 Å². The molecule has 1 aliphatic rings. The summed E-state index contributed by atoms with van der Waals surface area (Å²) in [5.41, 5.74) is 7.16. The van der Waals surface area contributed by atoms with Crippen molar-refractivity contribution in [1.29, 1.82) is 0 Å². The summed E-state index contributed by atoms with van der Waals surface area (Å²) in [5.74, 6) is 0.299. The molecule has 1 fully saturated rings. The summed E-state index contributed by atoms with van der Waals surface area (Å²) in [6.07, 6.45) is 4.68. The zero-order valence-corrected chi connectivity index (χ0v) is 15.3. The molecular weight excluding hydrogens is 316 g/mol. The molecule has 6 nitrogen and oxygen atoms in total. The molecule has 138 valence electrons. The van der Waals surface area contributed by atoms with Gasteiger partial charge in [-0.25, -0.2) is 4.79 Å². The van der Waals surface area contributed by atoms with Crippen LogP contribution in [0.25, 0.3) is 0 Å². The third kappa shape index (κ3) is 6.38. The van der Waals surface area contributed by atoms with Crippen molar-refractivity contribution < 1.29 is 9.59 Å². The summed E-state index contributed by atoms with van der Waals surface area (Å²) < 4.78 is 0. The van der Waals surface area contributed by atoms with Crippen LogP contribution in [0.3, 0.4) is 0 Å². The van der Waals surface area contributed by atoms with Crippen LogP contribution in [0.4, 0.5) is 10.5 Å². The van der Waals surface area contributed by atoms with E-state index in [1.165, 1.54) is 25.9 Å². The van der Waals surface area contributed by atoms with Crippen LogP contribution in [0.2, 0.25) is 0 Å². The Hall–Kier alpha value is -2.08. The first kappa shape index (κ1) is 19.2. The number of unbranched alkanes of at least 4 members (excludes halogenated alkanes) is 1. The number of nitrogens with zero attached hydrogens (tertiary/aromatic N) is 1. The van der Waals surface area contributed by atoms with Crippen LogP contribution in [0.15, 0.2) is 18.2 Å². The number of anilines is 1. The van der Waals surface area contributed by atoms with E-state index in [0.717, 1.165) is 30.9 Å². The number of urea groups is 1. The fourth-order valence-electron chi connectivity index (χ4n) is 3.23. The van der Waals surface area contributed by atoms with Gasteiger partial charge in [-0.1, -0.05) is 13.0 Å². The van der Waals surface area contributed by atoms with Crippen molar-refractivity contribution in [2.75, 3.05) is 31.5 Å². The lowest BCUT2D eigenvalue weighted by atomic mass is 10.0. The van der Waals surface area contributed by atoms with Crippen molar-refractivity contribution in [2.24, 2.45) is 11.7 Å². The van der Waals surface area contributed by atoms with E-state index < -0.39 is 5.91 Å². The topological polar surface area (TPSA) is 87.5 Å². The number of hydrogen-bond donors (Lipinski definition) is 3. The highest BCUT2D eigenvalue weighted by Gasteiger charge is 2.15. The van der Waals surface area contributed by atoms with E-state index in [-0.39, 0.29) is 6.03 Å². The van der Waals surface area contributed by atoms with Crippen LogP contribution in [-0.2, 0) is 0 Å². The lowest BCUT2D eigenvalue weighted by Gasteiger charge is -2.30. The Morgan fingerprint density at radius 1 is 1.32 bits per heavy atom. The third-order valence-electron chi connectivity index (χ3n) is 4.70. The molecule has 0 spiro atoms. The highest BCUT2D eigenvalue weighted by atomic mass is 16.2. The Morgan fingerprint density at radius 2 is 2.12 bits per heavy atom. The van der Waals surface area contributed by atoms with Crippen molar-refractivity contribution in [3.05, 3.63) is 29.3 Å². The minimum atomic E-state index is -0.504. The van der Waals surface area contributed by atoms with Crippen LogP contribution < -0.4 is 16.4 Å². The number of carbonyl (C=O) groups excluding carboxylic acids is 2. The van der Waals surface area contributed by atoms with E-state index in [4.69, 9.17) is 5.73 Å². The number of nitrogens with one attached hydrogen (secondary N) is 2. The molecule has 6 heteroatoms. The molecule has 1 atom stereocenters. The molecule has 0 saturated carbocycles. The molecule has 3 amide bonds. The molecule has 1 saturated heterocycles. The molecule has 0 bridgehead atoms. The molecule has 1 aliphatic heterocycles. The van der Waals surface area contributed by atoms with Gasteiger partial charge in [0, 0.05) is 24.3 Å². The average Bonchev–Trinajstić information content (AvgIpc) is 2.56. The average molecular weight is 346 g/mol. The lowest BCUT2D eigenvalue weighted by molar-refractivity contribution is 0.1000. The zero-order chi connectivity index (χ0) is 18.2. The molecule has 1 aromatic rings. The number of rotatable bonds is 7. The lowest BCUT2D eigenvalue weighted by Crippen LogP contribution is -2.35. The number of piperidine rings is 1. The molecule has 0 radical (unpaired) electrons. The summed E-state index contributed by atoms with van der Waals surface area (Å²) >= 11 is 0. The highest BCUT2D eigenvalue weighted by molar-refractivity contribution is 5.96. The highest BCUT2D eigenvalue weighted by Crippen LogP contribution is 2.17. The molecule has 2 rings (SSSR count). The van der Waals surface area contributed by atoms with Crippen LogP contribution >= 0.6 is 0 Å². The quantitative estimate of drug-likeness (QED) is 0.663. The zero-order valence-electron chi connectivity index (χ0n) is 15.3. The van der Waals surface area contributed by atoms with Crippen LogP contribution in [-0.4, -0.2) is 43.0 Å². The SMILES string of the molecule is Cc1ccc(C(N)=O)cc1NC(=O)NCCCCN1CCCC(C)C1. The van der Waals surface area contributed by atoms with Crippen molar-refractivity contribution in [3.8, 4) is 0 Å². The maximum Gasteiger partial charge on any atom is 0.319 e. The van der Waals surface area contributed by atoms with Gasteiger partial charge < -0.3 is 21.3 Å². The first-order valence-corrected chi connectivity index (χ1v) is 9.13. The monoisotopic (exact) mass is 346 g/mol. The van der Waals surface area contributed by atoms with Crippen molar-refractivity contribution in [1.82, 2.24) is 10.2 Å². The van der Waals surface area contributed by atoms with Crippen LogP contribution in [0, 0.1) is 12.8 Å². The number of hydrogen-bond acceptors (Lipinski definition) is 3. The van der Waals surface area contributed by atoms with E-state index in [0.29, 0.717) is 17.8 Å². The first-order chi connectivity index (χ1) is 12.0. The second-order valence-corrected chi connectivity index (χ2v) is 7.03. The minimum absolute atomic E-state index is 0.253. The van der Waals surface area contributed by atoms with Gasteiger partial charge in [-0.05, 0) is 69.3 Å². The van der Waals surface area contributed by atoms with Gasteiger partial charge in [0.05, 0.1) is 0 Å². The summed E-state index contributed by atoms with van der Waals surface area (Å²) in [5, 5.41) is 5.65. The van der Waals surface area contributed by atoms with Gasteiger partial charge in [-0.3, -0.25) is 4.79 Å². The molecule has 1 heterocycles. The minimum Gasteiger partial charge on any atom is -0.366 e. The first-order valence-electron chi connectivity index (χ1n) is 9.13. The number of carbonyl (C=O) groups is 2. The summed E-state index contributed by atoms with van der Waals surface area (Å²) in [7, 11) is 0. The number of benzene rings is 1. The van der Waals surface area contributed by atoms with Crippen molar-refractivity contribution in [3.63, 3.8) is 0 Å². The normalized spacial score (nSPS) is 17.9. The second-order valence-electron chi connectivity index (χ2n) is 7.03. The van der Waals surface area contributed by atoms with E-state index >= 15 is 0 Å². The fourth-order valence-corrected chi connectivity index (χ4v) is 3.23. The van der Waals surface area contributed by atoms with E-state index in [1.807, 2.05) is 6.92 Å². The Balaban J connectivity index is 1.67. The Bertz CT molecular complexity index is 603. The van der Waals surface area contributed by atoms with Gasteiger partial charge in [0.25, 0.3) is 0 Å². The summed E-state index contributed by atoms with van der Waals surface area (Å²) in [6.45, 7) is 8.33. The molecule has 4 N–H and O–H groups in total. The van der Waals surface area contributed by atoms with Crippen molar-refractivity contribution in [2.45, 2.75) is 39.5 Å². The van der Waals surface area contributed by atoms with Gasteiger partial charge in [-0.15, -0.1) is 0 Å². The van der Waals surface area contributed by atoms with E-state index in [9.17, 15) is 9.59 Å². The van der Waals surface area contributed by atoms with Gasteiger partial charge in [0.15, 0.2) is 0 Å². The number of nitrogens with two attached hydrogens (primary N) is 1. The molecule has 25 heavy (non-hydrogen) atoms. The van der Waals surface area contributed by atoms with Crippen LogP contribution in [0.5, 0.6) is 0 Å². The third-order valence-corrected chi connectivity index (χ3v) is 4.70. The van der Waals surface area contributed by atoms with Gasteiger partial charge in [0.1, 0.15) is 0 Å². The number of aryl methyl sites for hydroxylation is 1. The maximum atomic E-state index is 12.0. The Labute approximate surface area is 150 Å². The summed E-state index contributed by atoms with van der Waals surface area (Å²) in [6, 6.07) is 4.78. The van der Waals surface area contributed by atoms with Gasteiger partial charge >= 0.3 is 6.03 Å². The Kier molecular flexibility index (Phi) is 7.25. The summed E-state index contributed by atoms with van der Waals surface area (Å²) in [4.78, 5) is 25.8. The predicted molar refractivity (Wildman–Crippen MR) is 101 cm³/mol. The largest absolute Gasteiger partial charge is 0.366 e. The smallest absolute Gasteiger partial charge is 0.319 e. The second kappa shape index (κ2) is 9.42. The number of primary amides is 1. The number of amides is 3. The van der Waals surface area contributed by atoms with Crippen molar-refractivity contribution >= 4 is 17.6 Å². The van der Waals surface area contributed by atoms with E-state index in [1.54, 1.807) is 18.2 Å². The standard InChI is InChI=1S/C19H30N4O2/c1-14-6-5-11-23(13-14)10-4-3-9-21-19(25)22-17-12-16(18(20)24)8-7-15(17)2/h7-8,12,14H,3-6,9-11,13H2,1-2H3,(H2,20,24)(H2,21,22,25). The molecule has 1 unspecified atom stereocenters. The molecule has 1 aromatic carbocycles. The van der Waals surface area contributed by atoms with E-state index in [2.05, 4.69) is 22.5 Å². The fraction of sp³-hybridized carbons (Fsp3) is 0.579. The van der Waals surface area contributed by atoms with Gasteiger partial charge in [0.2, 0.25) is 5.91 Å². The molecular formula is C19H30N4O2.